The molecule has 2 rings (SSSR count). The molecule has 1 aromatic heterocycles. The summed E-state index contributed by atoms with van der Waals surface area (Å²) in [7, 11) is 0. The number of aromatic nitrogens is 1. The van der Waals surface area contributed by atoms with E-state index in [0.717, 1.165) is 24.3 Å². The van der Waals surface area contributed by atoms with E-state index in [2.05, 4.69) is 25.8 Å². The van der Waals surface area contributed by atoms with Crippen molar-refractivity contribution in [2.75, 3.05) is 5.73 Å². The van der Waals surface area contributed by atoms with Crippen LogP contribution in [0.25, 0.3) is 0 Å². The van der Waals surface area contributed by atoms with Gasteiger partial charge in [-0.25, -0.2) is 0 Å². The quantitative estimate of drug-likeness (QED) is 0.690. The van der Waals surface area contributed by atoms with Crippen molar-refractivity contribution >= 4 is 6.01 Å². The summed E-state index contributed by atoms with van der Waals surface area (Å²) >= 11 is 0. The minimum absolute atomic E-state index is 0.324. The number of oxazole rings is 1. The van der Waals surface area contributed by atoms with Crippen LogP contribution in [0, 0.1) is 11.3 Å². The van der Waals surface area contributed by atoms with Crippen LogP contribution in [0.2, 0.25) is 0 Å². The van der Waals surface area contributed by atoms with Crippen LogP contribution >= 0.6 is 0 Å². The van der Waals surface area contributed by atoms with Gasteiger partial charge in [0.05, 0.1) is 5.69 Å². The van der Waals surface area contributed by atoms with Gasteiger partial charge in [-0.3, -0.25) is 0 Å². The summed E-state index contributed by atoms with van der Waals surface area (Å²) in [6.45, 7) is 6.85. The highest BCUT2D eigenvalue weighted by atomic mass is 16.4. The van der Waals surface area contributed by atoms with Crippen LogP contribution in [-0.4, -0.2) is 4.98 Å². The molecular weight excluding hydrogens is 176 g/mol. The third-order valence-electron chi connectivity index (χ3n) is 3.18. The number of nitrogens with two attached hydrogens (primary N) is 1. The second kappa shape index (κ2) is 3.01. The Hall–Kier alpha value is -0.990. The van der Waals surface area contributed by atoms with Gasteiger partial charge in [0, 0.05) is 6.42 Å². The van der Waals surface area contributed by atoms with E-state index in [1.165, 1.54) is 6.42 Å². The first-order chi connectivity index (χ1) is 6.47. The number of anilines is 1. The lowest BCUT2D eigenvalue weighted by molar-refractivity contribution is 0.208. The van der Waals surface area contributed by atoms with E-state index in [9.17, 15) is 0 Å². The smallest absolute Gasteiger partial charge is 0.292 e. The summed E-state index contributed by atoms with van der Waals surface area (Å²) in [5, 5.41) is 0. The first-order valence-corrected chi connectivity index (χ1v) is 5.21. The van der Waals surface area contributed by atoms with Gasteiger partial charge in [0.2, 0.25) is 0 Å². The second-order valence-corrected chi connectivity index (χ2v) is 5.23. The molecule has 0 saturated heterocycles. The van der Waals surface area contributed by atoms with Gasteiger partial charge in [-0.15, -0.1) is 0 Å². The first kappa shape index (κ1) is 9.56. The zero-order valence-electron chi connectivity index (χ0n) is 9.13. The molecule has 0 aromatic carbocycles. The van der Waals surface area contributed by atoms with Crippen molar-refractivity contribution in [1.29, 1.82) is 0 Å². The van der Waals surface area contributed by atoms with Gasteiger partial charge in [-0.1, -0.05) is 20.8 Å². The Morgan fingerprint density at radius 2 is 2.14 bits per heavy atom. The summed E-state index contributed by atoms with van der Waals surface area (Å²) in [6, 6.07) is 0.324. The Kier molecular flexibility index (Phi) is 2.05. The fourth-order valence-electron chi connectivity index (χ4n) is 2.14. The van der Waals surface area contributed by atoms with Crippen molar-refractivity contribution < 1.29 is 4.42 Å². The summed E-state index contributed by atoms with van der Waals surface area (Å²) in [4.78, 5) is 4.23. The largest absolute Gasteiger partial charge is 0.429 e. The fourth-order valence-corrected chi connectivity index (χ4v) is 2.14. The summed E-state index contributed by atoms with van der Waals surface area (Å²) in [6.07, 6.45) is 3.19. The van der Waals surface area contributed by atoms with Crippen LogP contribution < -0.4 is 5.73 Å². The molecule has 0 saturated carbocycles. The SMILES string of the molecule is CC(C)(C)C1CCc2oc(N)nc2C1. The number of aryl methyl sites for hydroxylation is 1. The van der Waals surface area contributed by atoms with Crippen LogP contribution in [0.4, 0.5) is 6.01 Å². The lowest BCUT2D eigenvalue weighted by atomic mass is 9.73. The fraction of sp³-hybridized carbons (Fsp3) is 0.727. The van der Waals surface area contributed by atoms with Crippen molar-refractivity contribution in [2.45, 2.75) is 40.0 Å². The van der Waals surface area contributed by atoms with E-state index < -0.39 is 0 Å². The molecule has 14 heavy (non-hydrogen) atoms. The van der Waals surface area contributed by atoms with E-state index in [1.54, 1.807) is 0 Å². The Bertz CT molecular complexity index is 336. The van der Waals surface area contributed by atoms with Crippen LogP contribution in [-0.2, 0) is 12.8 Å². The van der Waals surface area contributed by atoms with E-state index in [4.69, 9.17) is 10.2 Å². The van der Waals surface area contributed by atoms with Gasteiger partial charge in [0.1, 0.15) is 5.76 Å². The summed E-state index contributed by atoms with van der Waals surface area (Å²) in [5.74, 6) is 1.70. The van der Waals surface area contributed by atoms with Crippen molar-refractivity contribution in [2.24, 2.45) is 11.3 Å². The molecular formula is C11H18N2O. The van der Waals surface area contributed by atoms with Gasteiger partial charge in [0.15, 0.2) is 0 Å². The Balaban J connectivity index is 2.21. The average molecular weight is 194 g/mol. The van der Waals surface area contributed by atoms with Gasteiger partial charge >= 0.3 is 0 Å². The van der Waals surface area contributed by atoms with Crippen molar-refractivity contribution in [3.8, 4) is 0 Å². The highest BCUT2D eigenvalue weighted by Gasteiger charge is 2.31. The van der Waals surface area contributed by atoms with Crippen molar-refractivity contribution in [3.63, 3.8) is 0 Å². The normalized spacial score (nSPS) is 22.1. The third-order valence-corrected chi connectivity index (χ3v) is 3.18. The molecule has 2 N–H and O–H groups in total. The first-order valence-electron chi connectivity index (χ1n) is 5.21. The van der Waals surface area contributed by atoms with Crippen molar-refractivity contribution in [1.82, 2.24) is 4.98 Å². The van der Waals surface area contributed by atoms with Gasteiger partial charge < -0.3 is 10.2 Å². The maximum absolute atomic E-state index is 5.54. The molecule has 0 fully saturated rings. The molecule has 0 bridgehead atoms. The van der Waals surface area contributed by atoms with Crippen LogP contribution in [0.5, 0.6) is 0 Å². The molecule has 3 nitrogen and oxygen atoms in total. The monoisotopic (exact) mass is 194 g/mol. The lowest BCUT2D eigenvalue weighted by Crippen LogP contribution is -2.26. The molecule has 0 spiro atoms. The number of rotatable bonds is 0. The number of nitrogens with zero attached hydrogens (tertiary/aromatic N) is 1. The minimum atomic E-state index is 0.324. The van der Waals surface area contributed by atoms with Gasteiger partial charge in [-0.2, -0.15) is 4.98 Å². The number of hydrogen-bond donors (Lipinski definition) is 1. The minimum Gasteiger partial charge on any atom is -0.429 e. The number of fused-ring (bicyclic) bond motifs is 1. The highest BCUT2D eigenvalue weighted by Crippen LogP contribution is 2.37. The molecule has 0 radical (unpaired) electrons. The molecule has 0 aliphatic heterocycles. The van der Waals surface area contributed by atoms with Crippen LogP contribution in [0.3, 0.4) is 0 Å². The lowest BCUT2D eigenvalue weighted by Gasteiger charge is -2.32. The van der Waals surface area contributed by atoms with E-state index in [1.807, 2.05) is 0 Å². The molecule has 1 unspecified atom stereocenters. The molecule has 78 valence electrons. The number of nitrogen functional groups attached to an aromatic ring is 1. The number of hydrogen-bond acceptors (Lipinski definition) is 3. The molecule has 3 heteroatoms. The molecule has 1 heterocycles. The van der Waals surface area contributed by atoms with E-state index in [-0.39, 0.29) is 0 Å². The second-order valence-electron chi connectivity index (χ2n) is 5.23. The molecule has 1 aliphatic carbocycles. The van der Waals surface area contributed by atoms with Crippen LogP contribution in [0.15, 0.2) is 4.42 Å². The molecule has 1 aliphatic rings. The standard InChI is InChI=1S/C11H18N2O/c1-11(2,3)7-4-5-9-8(6-7)13-10(12)14-9/h7H,4-6H2,1-3H3,(H2,12,13). The predicted octanol–water partition coefficient (Wildman–Crippen LogP) is 2.41. The maximum atomic E-state index is 5.54. The Labute approximate surface area is 84.7 Å². The Morgan fingerprint density at radius 3 is 2.79 bits per heavy atom. The third kappa shape index (κ3) is 1.63. The van der Waals surface area contributed by atoms with E-state index >= 15 is 0 Å². The van der Waals surface area contributed by atoms with Crippen molar-refractivity contribution in [3.05, 3.63) is 11.5 Å². The van der Waals surface area contributed by atoms with Gasteiger partial charge in [0.25, 0.3) is 6.01 Å². The Morgan fingerprint density at radius 1 is 1.43 bits per heavy atom. The van der Waals surface area contributed by atoms with Gasteiger partial charge in [-0.05, 0) is 24.2 Å². The van der Waals surface area contributed by atoms with Crippen LogP contribution in [0.1, 0.15) is 38.6 Å². The summed E-state index contributed by atoms with van der Waals surface area (Å²) < 4.78 is 5.33. The average Bonchev–Trinajstić information content (AvgIpc) is 2.41. The highest BCUT2D eigenvalue weighted by molar-refractivity contribution is 5.23. The zero-order chi connectivity index (χ0) is 10.3. The topological polar surface area (TPSA) is 52.0 Å². The maximum Gasteiger partial charge on any atom is 0.292 e. The predicted molar refractivity (Wildman–Crippen MR) is 55.9 cm³/mol. The summed E-state index contributed by atoms with van der Waals surface area (Å²) in [5.41, 5.74) is 6.97. The molecule has 0 amide bonds. The zero-order valence-corrected chi connectivity index (χ0v) is 9.13. The molecule has 1 atom stereocenters. The molecule has 1 aromatic rings. The van der Waals surface area contributed by atoms with E-state index in [0.29, 0.717) is 17.3 Å².